The molecule has 3 aliphatic carbocycles. The van der Waals surface area contributed by atoms with Crippen LogP contribution in [0.3, 0.4) is 0 Å². The largest absolute Gasteiger partial charge is 0.294 e. The molecule has 3 rings (SSSR count). The second-order valence-corrected chi connectivity index (χ2v) is 16.2. The maximum absolute atomic E-state index is 3.28. The van der Waals surface area contributed by atoms with Crippen molar-refractivity contribution in [3.05, 3.63) is 11.6 Å². The molecule has 240 valence electrons. The highest BCUT2D eigenvalue weighted by molar-refractivity contribution is 5.12. The van der Waals surface area contributed by atoms with Crippen molar-refractivity contribution in [3.63, 3.8) is 0 Å². The average Bonchev–Trinajstić information content (AvgIpc) is 3.06. The van der Waals surface area contributed by atoms with Gasteiger partial charge < -0.3 is 0 Å². The van der Waals surface area contributed by atoms with Gasteiger partial charge in [0.2, 0.25) is 0 Å². The number of hydrogen-bond donors (Lipinski definition) is 0. The first kappa shape index (κ1) is 35.2. The molecular weight excluding hydrogens is 494 g/mol. The first-order valence-electron chi connectivity index (χ1n) is 19.3. The highest BCUT2D eigenvalue weighted by Gasteiger charge is 2.33. The second-order valence-electron chi connectivity index (χ2n) is 16.2. The molecule has 1 heteroatoms. The van der Waals surface area contributed by atoms with Gasteiger partial charge in [0, 0.05) is 18.1 Å². The number of rotatable bonds is 7. The Balaban J connectivity index is 1.78. The number of allylic oxidation sites excluding steroid dienone is 2. The SMILES string of the molecule is CCC(C)(C)/C1=C/CCCC(N(C2CCCCCCCC2)C2CCCCCC(C(C)(C)CC)CCCC2)CCCC1. The summed E-state index contributed by atoms with van der Waals surface area (Å²) < 4.78 is 0. The van der Waals surface area contributed by atoms with Crippen molar-refractivity contribution in [2.24, 2.45) is 16.7 Å². The molecule has 0 aromatic rings. The summed E-state index contributed by atoms with van der Waals surface area (Å²) in [6, 6.07) is 2.53. The monoisotopic (exact) mass is 570 g/mol. The van der Waals surface area contributed by atoms with E-state index < -0.39 is 0 Å². The van der Waals surface area contributed by atoms with Crippen LogP contribution in [0.1, 0.15) is 208 Å². The summed E-state index contributed by atoms with van der Waals surface area (Å²) >= 11 is 0. The molecule has 2 fully saturated rings. The smallest absolute Gasteiger partial charge is 0.0101 e. The predicted molar refractivity (Wildman–Crippen MR) is 184 cm³/mol. The zero-order valence-electron chi connectivity index (χ0n) is 29.2. The van der Waals surface area contributed by atoms with Crippen LogP contribution in [0.2, 0.25) is 0 Å². The zero-order chi connectivity index (χ0) is 29.6. The van der Waals surface area contributed by atoms with Crippen LogP contribution in [-0.2, 0) is 0 Å². The first-order chi connectivity index (χ1) is 19.8. The summed E-state index contributed by atoms with van der Waals surface area (Å²) in [5, 5.41) is 0. The Kier molecular flexibility index (Phi) is 15.9. The molecule has 0 amide bonds. The third kappa shape index (κ3) is 11.6. The molecule has 0 aromatic carbocycles. The van der Waals surface area contributed by atoms with E-state index in [0.29, 0.717) is 10.8 Å². The van der Waals surface area contributed by atoms with Gasteiger partial charge in [0.25, 0.3) is 0 Å². The highest BCUT2D eigenvalue weighted by Crippen LogP contribution is 2.40. The Morgan fingerprint density at radius 1 is 0.537 bits per heavy atom. The van der Waals surface area contributed by atoms with Gasteiger partial charge in [0.05, 0.1) is 0 Å². The van der Waals surface area contributed by atoms with E-state index in [1.54, 1.807) is 5.57 Å². The van der Waals surface area contributed by atoms with Gasteiger partial charge in [-0.15, -0.1) is 0 Å². The lowest BCUT2D eigenvalue weighted by atomic mass is 9.72. The van der Waals surface area contributed by atoms with E-state index in [2.05, 4.69) is 52.5 Å². The topological polar surface area (TPSA) is 3.24 Å². The summed E-state index contributed by atoms with van der Waals surface area (Å²) in [6.07, 6.45) is 40.2. The minimum Gasteiger partial charge on any atom is -0.294 e. The number of hydrogen-bond acceptors (Lipinski definition) is 1. The van der Waals surface area contributed by atoms with Crippen LogP contribution in [-0.4, -0.2) is 23.0 Å². The third-order valence-electron chi connectivity index (χ3n) is 12.7. The van der Waals surface area contributed by atoms with Crippen LogP contribution < -0.4 is 0 Å². The molecular formula is C40H75N. The normalized spacial score (nSPS) is 29.8. The molecule has 41 heavy (non-hydrogen) atoms. The van der Waals surface area contributed by atoms with E-state index in [1.807, 2.05) is 0 Å². The third-order valence-corrected chi connectivity index (χ3v) is 12.7. The van der Waals surface area contributed by atoms with E-state index in [4.69, 9.17) is 0 Å². The molecule has 1 nitrogen and oxygen atoms in total. The zero-order valence-corrected chi connectivity index (χ0v) is 29.2. The summed E-state index contributed by atoms with van der Waals surface area (Å²) in [4.78, 5) is 3.28. The summed E-state index contributed by atoms with van der Waals surface area (Å²) in [5.41, 5.74) is 2.68. The van der Waals surface area contributed by atoms with Crippen molar-refractivity contribution in [3.8, 4) is 0 Å². The lowest BCUT2D eigenvalue weighted by Crippen LogP contribution is -2.50. The fraction of sp³-hybridized carbons (Fsp3) is 0.950. The lowest BCUT2D eigenvalue weighted by molar-refractivity contribution is 0.0419. The van der Waals surface area contributed by atoms with Gasteiger partial charge >= 0.3 is 0 Å². The lowest BCUT2D eigenvalue weighted by Gasteiger charge is -2.45. The first-order valence-corrected chi connectivity index (χ1v) is 19.3. The van der Waals surface area contributed by atoms with Gasteiger partial charge in [-0.3, -0.25) is 4.90 Å². The average molecular weight is 570 g/mol. The fourth-order valence-electron chi connectivity index (χ4n) is 8.89. The fourth-order valence-corrected chi connectivity index (χ4v) is 8.89. The van der Waals surface area contributed by atoms with Crippen LogP contribution in [0.25, 0.3) is 0 Å². The van der Waals surface area contributed by atoms with E-state index in [9.17, 15) is 0 Å². The summed E-state index contributed by atoms with van der Waals surface area (Å²) in [5.74, 6) is 0.934. The van der Waals surface area contributed by atoms with Crippen molar-refractivity contribution in [2.75, 3.05) is 0 Å². The molecule has 0 aromatic heterocycles. The predicted octanol–water partition coefficient (Wildman–Crippen LogP) is 13.2. The van der Waals surface area contributed by atoms with Crippen LogP contribution >= 0.6 is 0 Å². The summed E-state index contributed by atoms with van der Waals surface area (Å²) in [7, 11) is 0. The molecule has 0 saturated heterocycles. The van der Waals surface area contributed by atoms with Crippen molar-refractivity contribution in [1.82, 2.24) is 4.90 Å². The van der Waals surface area contributed by atoms with Gasteiger partial charge in [-0.25, -0.2) is 0 Å². The van der Waals surface area contributed by atoms with Gasteiger partial charge in [-0.2, -0.15) is 0 Å². The maximum atomic E-state index is 3.28. The standard InChI is InChI=1S/C40H75N/c1-7-39(3,4)34-24-14-13-17-30-37(31-21-18-25-34)41(36-28-15-11-9-10-12-16-29-36)38-32-22-19-26-35(27-20-23-33-38)40(5,6)8-2/h26,34,36-38H,7-25,27-33H2,1-6H3/b35-26+. The molecule has 3 aliphatic rings. The second kappa shape index (κ2) is 18.5. The van der Waals surface area contributed by atoms with E-state index in [-0.39, 0.29) is 0 Å². The Morgan fingerprint density at radius 2 is 0.951 bits per heavy atom. The van der Waals surface area contributed by atoms with Crippen molar-refractivity contribution in [1.29, 1.82) is 0 Å². The molecule has 0 bridgehead atoms. The highest BCUT2D eigenvalue weighted by atomic mass is 15.2. The molecule has 0 heterocycles. The summed E-state index contributed by atoms with van der Waals surface area (Å²) in [6.45, 7) is 14.9. The van der Waals surface area contributed by atoms with Gasteiger partial charge in [0.1, 0.15) is 0 Å². The quantitative estimate of drug-likeness (QED) is 0.276. The van der Waals surface area contributed by atoms with Crippen molar-refractivity contribution in [2.45, 2.75) is 227 Å². The maximum Gasteiger partial charge on any atom is 0.0101 e. The molecule has 3 unspecified atom stereocenters. The van der Waals surface area contributed by atoms with E-state index in [0.717, 1.165) is 24.0 Å². The van der Waals surface area contributed by atoms with Crippen LogP contribution in [0, 0.1) is 16.7 Å². The number of nitrogens with zero attached hydrogens (tertiary/aromatic N) is 1. The minimum atomic E-state index is 0.391. The molecule has 0 N–H and O–H groups in total. The molecule has 0 radical (unpaired) electrons. The van der Waals surface area contributed by atoms with Crippen molar-refractivity contribution >= 4 is 0 Å². The molecule has 0 aliphatic heterocycles. The Bertz CT molecular complexity index is 706. The Labute approximate surface area is 259 Å². The molecule has 2 saturated carbocycles. The van der Waals surface area contributed by atoms with Gasteiger partial charge in [0.15, 0.2) is 0 Å². The van der Waals surface area contributed by atoms with Crippen LogP contribution in [0.15, 0.2) is 11.6 Å². The van der Waals surface area contributed by atoms with E-state index >= 15 is 0 Å². The van der Waals surface area contributed by atoms with Gasteiger partial charge in [-0.1, -0.05) is 137 Å². The van der Waals surface area contributed by atoms with Gasteiger partial charge in [-0.05, 0) is 100 Å². The van der Waals surface area contributed by atoms with E-state index in [1.165, 1.54) is 167 Å². The van der Waals surface area contributed by atoms with Crippen LogP contribution in [0.5, 0.6) is 0 Å². The molecule has 0 spiro atoms. The Hall–Kier alpha value is -0.300. The van der Waals surface area contributed by atoms with Crippen LogP contribution in [0.4, 0.5) is 0 Å². The molecule has 3 atom stereocenters. The Morgan fingerprint density at radius 3 is 1.49 bits per heavy atom. The minimum absolute atomic E-state index is 0.391. The van der Waals surface area contributed by atoms with Crippen molar-refractivity contribution < 1.29 is 0 Å².